The van der Waals surface area contributed by atoms with Gasteiger partial charge < -0.3 is 10.4 Å². The number of benzene rings is 3. The van der Waals surface area contributed by atoms with Gasteiger partial charge in [0.25, 0.3) is 5.91 Å². The van der Waals surface area contributed by atoms with Crippen LogP contribution in [0.25, 0.3) is 22.0 Å². The number of carboxylic acid groups (broad SMARTS) is 1. The van der Waals surface area contributed by atoms with Gasteiger partial charge in [0, 0.05) is 23.7 Å². The minimum absolute atomic E-state index is 0.0547. The van der Waals surface area contributed by atoms with Crippen LogP contribution in [-0.4, -0.2) is 33.3 Å². The zero-order valence-electron chi connectivity index (χ0n) is 22.8. The molecule has 0 aliphatic rings. The molecule has 0 fully saturated rings. The second-order valence-corrected chi connectivity index (χ2v) is 10.5. The molecule has 40 heavy (non-hydrogen) atoms. The van der Waals surface area contributed by atoms with Crippen molar-refractivity contribution in [1.82, 2.24) is 15.1 Å². The highest BCUT2D eigenvalue weighted by molar-refractivity contribution is 5.94. The van der Waals surface area contributed by atoms with Gasteiger partial charge in [0.1, 0.15) is 0 Å². The molecule has 1 aromatic heterocycles. The Balaban J connectivity index is 1.66. The highest BCUT2D eigenvalue weighted by atomic mass is 19.4. The predicted molar refractivity (Wildman–Crippen MR) is 148 cm³/mol. The molecule has 0 aliphatic carbocycles. The van der Waals surface area contributed by atoms with Gasteiger partial charge in [-0.2, -0.15) is 18.3 Å². The number of aliphatic carboxylic acids is 1. The molecule has 0 bridgehead atoms. The largest absolute Gasteiger partial charge is 0.481 e. The number of fused-ring (bicyclic) bond motifs is 1. The van der Waals surface area contributed by atoms with Crippen LogP contribution in [-0.2, 0) is 11.0 Å². The SMILES string of the molecule is Cc1cc(C(F)(F)F)ccc1-c1ccc2nn(C(CC(C)C)c3ccc(C(=O)NCCC(=O)O)cc3)cc2c1C. The van der Waals surface area contributed by atoms with Gasteiger partial charge in [0.15, 0.2) is 0 Å². The Morgan fingerprint density at radius 1 is 1.00 bits per heavy atom. The lowest BCUT2D eigenvalue weighted by molar-refractivity contribution is -0.138. The van der Waals surface area contributed by atoms with Gasteiger partial charge in [0.05, 0.1) is 23.5 Å². The van der Waals surface area contributed by atoms with Crippen molar-refractivity contribution in [2.75, 3.05) is 6.54 Å². The maximum Gasteiger partial charge on any atom is 0.416 e. The normalized spacial score (nSPS) is 12.6. The molecule has 1 atom stereocenters. The quantitative estimate of drug-likeness (QED) is 0.231. The molecule has 9 heteroatoms. The number of nitrogens with zero attached hydrogens (tertiary/aromatic N) is 2. The van der Waals surface area contributed by atoms with Gasteiger partial charge in [-0.15, -0.1) is 0 Å². The lowest BCUT2D eigenvalue weighted by Crippen LogP contribution is -2.26. The molecule has 0 radical (unpaired) electrons. The van der Waals surface area contributed by atoms with Crippen LogP contribution >= 0.6 is 0 Å². The summed E-state index contributed by atoms with van der Waals surface area (Å²) >= 11 is 0. The number of alkyl halides is 3. The third-order valence-electron chi connectivity index (χ3n) is 7.02. The standard InChI is InChI=1S/C31H32F3N3O3/c1-18(2)15-28(21-5-7-22(8-6-21)30(40)35-14-13-29(38)39)37-17-26-20(4)25(11-12-27(26)36-37)24-10-9-23(16-19(24)3)31(32,33)34/h5-12,16-18,28H,13-15H2,1-4H3,(H,35,40)(H,38,39). The van der Waals surface area contributed by atoms with Crippen molar-refractivity contribution in [3.8, 4) is 11.1 Å². The highest BCUT2D eigenvalue weighted by Crippen LogP contribution is 2.36. The Morgan fingerprint density at radius 2 is 1.68 bits per heavy atom. The van der Waals surface area contributed by atoms with Crippen LogP contribution in [0.15, 0.2) is 60.8 Å². The minimum Gasteiger partial charge on any atom is -0.481 e. The van der Waals surface area contributed by atoms with Gasteiger partial charge in [-0.05, 0) is 84.3 Å². The van der Waals surface area contributed by atoms with Crippen LogP contribution in [0.3, 0.4) is 0 Å². The fraction of sp³-hybridized carbons (Fsp3) is 0.323. The van der Waals surface area contributed by atoms with E-state index in [9.17, 15) is 22.8 Å². The molecule has 4 aromatic rings. The number of nitrogens with one attached hydrogen (secondary N) is 1. The molecule has 210 valence electrons. The number of aromatic nitrogens is 2. The molecule has 0 saturated heterocycles. The zero-order valence-corrected chi connectivity index (χ0v) is 22.8. The Morgan fingerprint density at radius 3 is 2.27 bits per heavy atom. The van der Waals surface area contributed by atoms with E-state index < -0.39 is 17.7 Å². The van der Waals surface area contributed by atoms with Crippen molar-refractivity contribution >= 4 is 22.8 Å². The molecular formula is C31H32F3N3O3. The number of carbonyl (C=O) groups is 2. The molecule has 3 aromatic carbocycles. The van der Waals surface area contributed by atoms with E-state index in [1.165, 1.54) is 12.1 Å². The van der Waals surface area contributed by atoms with E-state index in [-0.39, 0.29) is 24.9 Å². The first-order valence-corrected chi connectivity index (χ1v) is 13.1. The summed E-state index contributed by atoms with van der Waals surface area (Å²) in [5.41, 5.74) is 4.62. The van der Waals surface area contributed by atoms with E-state index >= 15 is 0 Å². The van der Waals surface area contributed by atoms with Crippen molar-refractivity contribution in [3.05, 3.63) is 88.6 Å². The summed E-state index contributed by atoms with van der Waals surface area (Å²) in [5.74, 6) is -0.960. The van der Waals surface area contributed by atoms with Crippen molar-refractivity contribution in [2.45, 2.75) is 52.8 Å². The number of rotatable bonds is 9. The fourth-order valence-corrected chi connectivity index (χ4v) is 4.93. The van der Waals surface area contributed by atoms with Crippen LogP contribution in [0.4, 0.5) is 13.2 Å². The number of halogens is 3. The van der Waals surface area contributed by atoms with Crippen LogP contribution in [0, 0.1) is 19.8 Å². The first-order chi connectivity index (χ1) is 18.8. The maximum absolute atomic E-state index is 13.2. The molecular weight excluding hydrogens is 519 g/mol. The molecule has 1 unspecified atom stereocenters. The number of hydrogen-bond acceptors (Lipinski definition) is 3. The summed E-state index contributed by atoms with van der Waals surface area (Å²) in [6, 6.07) is 14.7. The summed E-state index contributed by atoms with van der Waals surface area (Å²) in [6.07, 6.45) is -1.76. The van der Waals surface area contributed by atoms with E-state index in [0.29, 0.717) is 17.0 Å². The van der Waals surface area contributed by atoms with Crippen molar-refractivity contribution in [3.63, 3.8) is 0 Å². The zero-order chi connectivity index (χ0) is 29.2. The van der Waals surface area contributed by atoms with Gasteiger partial charge in [-0.1, -0.05) is 38.1 Å². The Hall–Kier alpha value is -4.14. The van der Waals surface area contributed by atoms with Gasteiger partial charge >= 0.3 is 12.1 Å². The average Bonchev–Trinajstić information content (AvgIpc) is 3.32. The minimum atomic E-state index is -4.39. The van der Waals surface area contributed by atoms with Gasteiger partial charge in [0.2, 0.25) is 0 Å². The maximum atomic E-state index is 13.2. The smallest absolute Gasteiger partial charge is 0.416 e. The molecule has 1 amide bonds. The van der Waals surface area contributed by atoms with Gasteiger partial charge in [-0.25, -0.2) is 0 Å². The molecule has 1 heterocycles. The summed E-state index contributed by atoms with van der Waals surface area (Å²) in [6.45, 7) is 7.94. The number of carbonyl (C=O) groups excluding carboxylic acids is 1. The number of aryl methyl sites for hydroxylation is 2. The van der Waals surface area contributed by atoms with E-state index in [1.54, 1.807) is 19.1 Å². The topological polar surface area (TPSA) is 84.2 Å². The molecule has 6 nitrogen and oxygen atoms in total. The predicted octanol–water partition coefficient (Wildman–Crippen LogP) is 7.18. The first-order valence-electron chi connectivity index (χ1n) is 13.1. The van der Waals surface area contributed by atoms with Crippen molar-refractivity contribution < 1.29 is 27.9 Å². The monoisotopic (exact) mass is 551 g/mol. The lowest BCUT2D eigenvalue weighted by Gasteiger charge is -2.20. The summed E-state index contributed by atoms with van der Waals surface area (Å²) in [5, 5.41) is 17.1. The van der Waals surface area contributed by atoms with Crippen LogP contribution in [0.2, 0.25) is 0 Å². The average molecular weight is 552 g/mol. The van der Waals surface area contributed by atoms with Crippen molar-refractivity contribution in [1.29, 1.82) is 0 Å². The van der Waals surface area contributed by atoms with Gasteiger partial charge in [-0.3, -0.25) is 14.3 Å². The second-order valence-electron chi connectivity index (χ2n) is 10.5. The first kappa shape index (κ1) is 28.9. The summed E-state index contributed by atoms with van der Waals surface area (Å²) in [7, 11) is 0. The van der Waals surface area contributed by atoms with E-state index in [2.05, 4.69) is 19.2 Å². The highest BCUT2D eigenvalue weighted by Gasteiger charge is 2.31. The fourth-order valence-electron chi connectivity index (χ4n) is 4.93. The Bertz CT molecular complexity index is 1540. The molecule has 0 spiro atoms. The number of carboxylic acids is 1. The van der Waals surface area contributed by atoms with Crippen molar-refractivity contribution in [2.24, 2.45) is 5.92 Å². The molecule has 0 saturated carbocycles. The Labute approximate surface area is 230 Å². The number of hydrogen-bond donors (Lipinski definition) is 2. The molecule has 4 rings (SSSR count). The Kier molecular flexibility index (Phi) is 8.32. The van der Waals surface area contributed by atoms with Crippen LogP contribution in [0.1, 0.15) is 65.3 Å². The van der Waals surface area contributed by atoms with E-state index in [1.807, 2.05) is 42.1 Å². The lowest BCUT2D eigenvalue weighted by atomic mass is 9.93. The third kappa shape index (κ3) is 6.35. The molecule has 0 aliphatic heterocycles. The van der Waals surface area contributed by atoms with E-state index in [0.717, 1.165) is 45.6 Å². The summed E-state index contributed by atoms with van der Waals surface area (Å²) in [4.78, 5) is 23.1. The van der Waals surface area contributed by atoms with Crippen LogP contribution < -0.4 is 5.32 Å². The number of amides is 1. The van der Waals surface area contributed by atoms with E-state index in [4.69, 9.17) is 10.2 Å². The molecule has 2 N–H and O–H groups in total. The second kappa shape index (κ2) is 11.5. The van der Waals surface area contributed by atoms with Crippen LogP contribution in [0.5, 0.6) is 0 Å². The third-order valence-corrected chi connectivity index (χ3v) is 7.02. The summed E-state index contributed by atoms with van der Waals surface area (Å²) < 4.78 is 41.5.